The van der Waals surface area contributed by atoms with Gasteiger partial charge in [-0.1, -0.05) is 0 Å². The number of hydrogen-bond donors (Lipinski definition) is 1. The van der Waals surface area contributed by atoms with E-state index < -0.39 is 12.7 Å². The van der Waals surface area contributed by atoms with E-state index in [-0.39, 0.29) is 17.7 Å². The summed E-state index contributed by atoms with van der Waals surface area (Å²) < 4.78 is 45.7. The van der Waals surface area contributed by atoms with Crippen molar-refractivity contribution in [1.29, 1.82) is 0 Å². The summed E-state index contributed by atoms with van der Waals surface area (Å²) in [6.07, 6.45) is -1.05. The van der Waals surface area contributed by atoms with Gasteiger partial charge in [0.05, 0.1) is 36.9 Å². The second kappa shape index (κ2) is 6.58. The first-order valence-corrected chi connectivity index (χ1v) is 9.41. The molecule has 2 N–H and O–H groups in total. The van der Waals surface area contributed by atoms with E-state index >= 15 is 0 Å². The summed E-state index contributed by atoms with van der Waals surface area (Å²) in [7, 11) is 0. The fourth-order valence-electron chi connectivity index (χ4n) is 4.16. The van der Waals surface area contributed by atoms with Gasteiger partial charge in [-0.15, -0.1) is 0 Å². The van der Waals surface area contributed by atoms with Crippen LogP contribution >= 0.6 is 0 Å². The van der Waals surface area contributed by atoms with E-state index in [1.54, 1.807) is 24.3 Å². The van der Waals surface area contributed by atoms with Gasteiger partial charge in [0.2, 0.25) is 0 Å². The molecule has 10 heteroatoms. The largest absolute Gasteiger partial charge is 0.408 e. The molecule has 1 aromatic carbocycles. The maximum absolute atomic E-state index is 13.1. The topological polar surface area (TPSA) is 82.1 Å². The van der Waals surface area contributed by atoms with Gasteiger partial charge in [0, 0.05) is 11.3 Å². The lowest BCUT2D eigenvalue weighted by atomic mass is 10.2. The second-order valence-corrected chi connectivity index (χ2v) is 7.48. The van der Waals surface area contributed by atoms with Crippen molar-refractivity contribution in [3.63, 3.8) is 0 Å². The minimum absolute atomic E-state index is 0.150. The highest BCUT2D eigenvalue weighted by Gasteiger charge is 2.40. The summed E-state index contributed by atoms with van der Waals surface area (Å²) in [6.45, 7) is -0.0458. The second-order valence-electron chi connectivity index (χ2n) is 7.48. The Labute approximate surface area is 164 Å². The lowest BCUT2D eigenvalue weighted by molar-refractivity contribution is -0.141. The predicted octanol–water partition coefficient (Wildman–Crippen LogP) is 3.01. The number of morpholine rings is 1. The van der Waals surface area contributed by atoms with Gasteiger partial charge in [0.15, 0.2) is 11.5 Å². The van der Waals surface area contributed by atoms with E-state index in [0.717, 1.165) is 17.5 Å². The normalized spacial score (nSPS) is 21.8. The average molecular weight is 404 g/mol. The van der Waals surface area contributed by atoms with Gasteiger partial charge in [-0.3, -0.25) is 0 Å². The molecule has 0 spiro atoms. The standard InChI is InChI=1S/C19H19F3N6O/c20-19(21,22)10-27-17-15(7-24-27)18(28-13-5-6-14(28)9-29-8-13)26-16(25-17)11-1-3-12(23)4-2-11/h1-4,7,13-14H,5-6,8-10,23H2. The summed E-state index contributed by atoms with van der Waals surface area (Å²) >= 11 is 0. The molecule has 2 fully saturated rings. The Morgan fingerprint density at radius 2 is 1.76 bits per heavy atom. The quantitative estimate of drug-likeness (QED) is 0.676. The summed E-state index contributed by atoms with van der Waals surface area (Å²) in [6, 6.07) is 7.26. The molecule has 152 valence electrons. The van der Waals surface area contributed by atoms with Crippen LogP contribution in [-0.4, -0.2) is 51.2 Å². The molecule has 2 unspecified atom stereocenters. The van der Waals surface area contributed by atoms with Crippen molar-refractivity contribution in [2.45, 2.75) is 37.6 Å². The summed E-state index contributed by atoms with van der Waals surface area (Å²) in [5.74, 6) is 0.966. The van der Waals surface area contributed by atoms with Gasteiger partial charge in [-0.05, 0) is 37.1 Å². The third-order valence-electron chi connectivity index (χ3n) is 5.46. The molecule has 7 nitrogen and oxygen atoms in total. The molecule has 0 saturated carbocycles. The highest BCUT2D eigenvalue weighted by Crippen LogP contribution is 2.37. The van der Waals surface area contributed by atoms with E-state index in [9.17, 15) is 13.2 Å². The van der Waals surface area contributed by atoms with Crippen molar-refractivity contribution in [3.8, 4) is 11.4 Å². The highest BCUT2D eigenvalue weighted by molar-refractivity contribution is 5.89. The van der Waals surface area contributed by atoms with Crippen LogP contribution in [0.5, 0.6) is 0 Å². The van der Waals surface area contributed by atoms with E-state index in [0.29, 0.717) is 41.5 Å². The number of hydrogen-bond acceptors (Lipinski definition) is 6. The molecule has 2 aromatic heterocycles. The number of benzene rings is 1. The van der Waals surface area contributed by atoms with Crippen molar-refractivity contribution in [3.05, 3.63) is 30.5 Å². The summed E-state index contributed by atoms with van der Waals surface area (Å²) in [4.78, 5) is 11.4. The van der Waals surface area contributed by atoms with Crippen molar-refractivity contribution < 1.29 is 17.9 Å². The Kier molecular flexibility index (Phi) is 4.12. The number of ether oxygens (including phenoxy) is 1. The first kappa shape index (κ1) is 18.2. The van der Waals surface area contributed by atoms with Gasteiger partial charge in [-0.25, -0.2) is 14.6 Å². The maximum atomic E-state index is 13.1. The SMILES string of the molecule is Nc1ccc(-c2nc(N3C4CCC3COC4)c3cnn(CC(F)(F)F)c3n2)cc1. The number of rotatable bonds is 3. The number of nitrogen functional groups attached to an aromatic ring is 1. The van der Waals surface area contributed by atoms with E-state index in [4.69, 9.17) is 15.5 Å². The average Bonchev–Trinajstić information content (AvgIpc) is 3.17. The minimum atomic E-state index is -4.40. The number of aromatic nitrogens is 4. The van der Waals surface area contributed by atoms with Crippen molar-refractivity contribution in [2.75, 3.05) is 23.8 Å². The van der Waals surface area contributed by atoms with Crippen LogP contribution in [0.3, 0.4) is 0 Å². The molecule has 0 aliphatic carbocycles. The lowest BCUT2D eigenvalue weighted by Crippen LogP contribution is -2.46. The number of alkyl halides is 3. The number of nitrogens with two attached hydrogens (primary N) is 1. The number of halogens is 3. The molecule has 4 heterocycles. The fourth-order valence-corrected chi connectivity index (χ4v) is 4.16. The molecule has 2 atom stereocenters. The van der Waals surface area contributed by atoms with Gasteiger partial charge >= 0.3 is 6.18 Å². The Balaban J connectivity index is 1.69. The summed E-state index contributed by atoms with van der Waals surface area (Å²) in [5.41, 5.74) is 7.20. The molecule has 5 rings (SSSR count). The van der Waals surface area contributed by atoms with Gasteiger partial charge < -0.3 is 15.4 Å². The summed E-state index contributed by atoms with van der Waals surface area (Å²) in [5, 5.41) is 4.49. The smallest absolute Gasteiger partial charge is 0.399 e. The van der Waals surface area contributed by atoms with Gasteiger partial charge in [0.1, 0.15) is 12.4 Å². The zero-order valence-corrected chi connectivity index (χ0v) is 15.4. The zero-order valence-electron chi connectivity index (χ0n) is 15.4. The molecular weight excluding hydrogens is 385 g/mol. The molecule has 0 radical (unpaired) electrons. The molecule has 3 aromatic rings. The van der Waals surface area contributed by atoms with E-state index in [1.165, 1.54) is 6.20 Å². The van der Waals surface area contributed by atoms with Crippen LogP contribution in [0, 0.1) is 0 Å². The Hall–Kier alpha value is -2.88. The van der Waals surface area contributed by atoms with Crippen molar-refractivity contribution >= 4 is 22.5 Å². The Morgan fingerprint density at radius 1 is 1.07 bits per heavy atom. The minimum Gasteiger partial charge on any atom is -0.399 e. The Bertz CT molecular complexity index is 1030. The molecule has 2 aliphatic rings. The zero-order chi connectivity index (χ0) is 20.2. The molecule has 2 aliphatic heterocycles. The molecule has 2 bridgehead atoms. The van der Waals surface area contributed by atoms with Crippen molar-refractivity contribution in [1.82, 2.24) is 19.7 Å². The van der Waals surface area contributed by atoms with E-state index in [1.807, 2.05) is 0 Å². The third kappa shape index (κ3) is 3.27. The van der Waals surface area contributed by atoms with E-state index in [2.05, 4.69) is 15.0 Å². The monoisotopic (exact) mass is 404 g/mol. The van der Waals surface area contributed by atoms with Gasteiger partial charge in [-0.2, -0.15) is 18.3 Å². The number of nitrogens with zero attached hydrogens (tertiary/aromatic N) is 5. The van der Waals surface area contributed by atoms with Crippen LogP contribution in [-0.2, 0) is 11.3 Å². The van der Waals surface area contributed by atoms with Crippen LogP contribution in [0.25, 0.3) is 22.4 Å². The first-order valence-electron chi connectivity index (χ1n) is 9.41. The molecule has 2 saturated heterocycles. The predicted molar refractivity (Wildman–Crippen MR) is 101 cm³/mol. The van der Waals surface area contributed by atoms with Crippen LogP contribution in [0.1, 0.15) is 12.8 Å². The lowest BCUT2D eigenvalue weighted by Gasteiger charge is -2.36. The maximum Gasteiger partial charge on any atom is 0.408 e. The molecule has 29 heavy (non-hydrogen) atoms. The van der Waals surface area contributed by atoms with Crippen LogP contribution in [0.15, 0.2) is 30.5 Å². The molecule has 0 amide bonds. The Morgan fingerprint density at radius 3 is 2.41 bits per heavy atom. The third-order valence-corrected chi connectivity index (χ3v) is 5.46. The van der Waals surface area contributed by atoms with Crippen LogP contribution < -0.4 is 10.6 Å². The fraction of sp³-hybridized carbons (Fsp3) is 0.421. The van der Waals surface area contributed by atoms with Crippen LogP contribution in [0.4, 0.5) is 24.7 Å². The van der Waals surface area contributed by atoms with Crippen LogP contribution in [0.2, 0.25) is 0 Å². The number of anilines is 2. The highest BCUT2D eigenvalue weighted by atomic mass is 19.4. The van der Waals surface area contributed by atoms with Crippen molar-refractivity contribution in [2.24, 2.45) is 0 Å². The first-order chi connectivity index (χ1) is 13.9. The number of fused-ring (bicyclic) bond motifs is 3. The molecular formula is C19H19F3N6O. The van der Waals surface area contributed by atoms with Gasteiger partial charge in [0.25, 0.3) is 0 Å².